The van der Waals surface area contributed by atoms with E-state index in [4.69, 9.17) is 6.57 Å². The fraction of sp³-hybridized carbons (Fsp3) is 0.263. The number of nitrogens with zero attached hydrogens (tertiary/aromatic N) is 7. The molecule has 0 unspecified atom stereocenters. The summed E-state index contributed by atoms with van der Waals surface area (Å²) in [5.74, 6) is 0.329. The van der Waals surface area contributed by atoms with Gasteiger partial charge in [0.15, 0.2) is 0 Å². The van der Waals surface area contributed by atoms with Gasteiger partial charge in [0.25, 0.3) is 0 Å². The third-order valence-electron chi connectivity index (χ3n) is 4.74. The molecule has 1 aromatic carbocycles. The molecule has 2 aromatic heterocycles. The van der Waals surface area contributed by atoms with E-state index in [1.165, 1.54) is 12.3 Å². The normalized spacial score (nSPS) is 14.3. The lowest BCUT2D eigenvalue weighted by molar-refractivity contribution is 0.584. The number of hydrogen-bond donors (Lipinski definition) is 0. The van der Waals surface area contributed by atoms with Gasteiger partial charge in [-0.25, -0.2) is 9.83 Å². The summed E-state index contributed by atoms with van der Waals surface area (Å²) in [6.07, 6.45) is 3.20. The van der Waals surface area contributed by atoms with Crippen LogP contribution < -0.4 is 9.80 Å². The third-order valence-corrected chi connectivity index (χ3v) is 4.74. The first-order chi connectivity index (χ1) is 13.2. The quantitative estimate of drug-likeness (QED) is 0.529. The van der Waals surface area contributed by atoms with Gasteiger partial charge in [-0.1, -0.05) is 18.2 Å². The second-order valence-electron chi connectivity index (χ2n) is 6.37. The summed E-state index contributed by atoms with van der Waals surface area (Å²) in [5.41, 5.74) is 3.15. The molecule has 1 aliphatic rings. The van der Waals surface area contributed by atoms with Gasteiger partial charge in [0.05, 0.1) is 12.3 Å². The van der Waals surface area contributed by atoms with Crippen molar-refractivity contribution in [3.8, 4) is 11.1 Å². The van der Waals surface area contributed by atoms with E-state index in [-0.39, 0.29) is 0 Å². The van der Waals surface area contributed by atoms with E-state index in [0.29, 0.717) is 5.69 Å². The Morgan fingerprint density at radius 2 is 1.85 bits per heavy atom. The number of aryl methyl sites for hydroxylation is 1. The molecule has 0 radical (unpaired) electrons. The molecular formula is C19H18FN7. The zero-order valence-corrected chi connectivity index (χ0v) is 14.9. The molecule has 136 valence electrons. The van der Waals surface area contributed by atoms with Crippen LogP contribution in [0.25, 0.3) is 16.0 Å². The second-order valence-corrected chi connectivity index (χ2v) is 6.37. The summed E-state index contributed by atoms with van der Waals surface area (Å²) in [7, 11) is 1.93. The lowest BCUT2D eigenvalue weighted by atomic mass is 10.0. The van der Waals surface area contributed by atoms with Gasteiger partial charge in [-0.15, -0.1) is 10.2 Å². The Morgan fingerprint density at radius 1 is 1.07 bits per heavy atom. The number of aromatic nitrogens is 4. The largest absolute Gasteiger partial charge is 0.376 e. The Morgan fingerprint density at radius 3 is 2.48 bits per heavy atom. The Balaban J connectivity index is 1.65. The molecule has 0 aliphatic carbocycles. The minimum Gasteiger partial charge on any atom is -0.376 e. The molecule has 8 heteroatoms. The van der Waals surface area contributed by atoms with Crippen LogP contribution in [0.15, 0.2) is 42.9 Å². The molecule has 0 amide bonds. The number of pyridine rings is 1. The van der Waals surface area contributed by atoms with Crippen LogP contribution in [0.2, 0.25) is 0 Å². The Labute approximate surface area is 156 Å². The van der Waals surface area contributed by atoms with Gasteiger partial charge < -0.3 is 14.4 Å². The van der Waals surface area contributed by atoms with Crippen molar-refractivity contribution in [2.75, 3.05) is 36.0 Å². The summed E-state index contributed by atoms with van der Waals surface area (Å²) in [6.45, 7) is 10.6. The van der Waals surface area contributed by atoms with Crippen LogP contribution in [0.3, 0.4) is 0 Å². The van der Waals surface area contributed by atoms with Gasteiger partial charge in [0.1, 0.15) is 6.33 Å². The van der Waals surface area contributed by atoms with Gasteiger partial charge in [-0.05, 0) is 17.7 Å². The van der Waals surface area contributed by atoms with Crippen LogP contribution in [0, 0.1) is 12.5 Å². The molecule has 0 atom stereocenters. The topological polar surface area (TPSA) is 54.4 Å². The lowest BCUT2D eigenvalue weighted by Gasteiger charge is -2.37. The van der Waals surface area contributed by atoms with E-state index >= 15 is 0 Å². The zero-order valence-electron chi connectivity index (χ0n) is 14.9. The summed E-state index contributed by atoms with van der Waals surface area (Å²) >= 11 is 0. The van der Waals surface area contributed by atoms with E-state index < -0.39 is 5.95 Å². The fourth-order valence-electron chi connectivity index (χ4n) is 3.42. The van der Waals surface area contributed by atoms with Crippen LogP contribution >= 0.6 is 0 Å². The van der Waals surface area contributed by atoms with Crippen LogP contribution in [0.1, 0.15) is 0 Å². The Kier molecular flexibility index (Phi) is 4.42. The molecule has 4 rings (SSSR count). The smallest absolute Gasteiger partial charge is 0.226 e. The van der Waals surface area contributed by atoms with Gasteiger partial charge in [0.2, 0.25) is 17.6 Å². The van der Waals surface area contributed by atoms with Crippen molar-refractivity contribution in [3.63, 3.8) is 0 Å². The second kappa shape index (κ2) is 7.03. The predicted molar refractivity (Wildman–Crippen MR) is 101 cm³/mol. The third kappa shape index (κ3) is 3.19. The average molecular weight is 363 g/mol. The lowest BCUT2D eigenvalue weighted by Crippen LogP contribution is -2.47. The summed E-state index contributed by atoms with van der Waals surface area (Å²) in [4.78, 5) is 11.9. The van der Waals surface area contributed by atoms with E-state index in [1.54, 1.807) is 12.4 Å². The number of anilines is 2. The summed E-state index contributed by atoms with van der Waals surface area (Å²) in [5, 5.41) is 8.12. The zero-order chi connectivity index (χ0) is 18.8. The minimum absolute atomic E-state index is 0.515. The summed E-state index contributed by atoms with van der Waals surface area (Å²) in [6, 6.07) is 8.66. The number of hydrogen-bond acceptors (Lipinski definition) is 5. The Bertz CT molecular complexity index is 982. The highest BCUT2D eigenvalue weighted by atomic mass is 19.1. The van der Waals surface area contributed by atoms with Gasteiger partial charge in [-0.3, -0.25) is 0 Å². The van der Waals surface area contributed by atoms with E-state index in [0.717, 1.165) is 48.9 Å². The van der Waals surface area contributed by atoms with Crippen molar-refractivity contribution in [2.45, 2.75) is 0 Å². The van der Waals surface area contributed by atoms with Crippen LogP contribution in [-0.2, 0) is 7.05 Å². The maximum absolute atomic E-state index is 13.2. The van der Waals surface area contributed by atoms with Gasteiger partial charge >= 0.3 is 0 Å². The molecular weight excluding hydrogens is 345 g/mol. The minimum atomic E-state index is -0.515. The highest BCUT2D eigenvalue weighted by molar-refractivity contribution is 5.88. The summed E-state index contributed by atoms with van der Waals surface area (Å²) < 4.78 is 15.1. The Hall–Kier alpha value is -3.47. The number of para-hydroxylation sites is 1. The molecule has 0 N–H and O–H groups in total. The van der Waals surface area contributed by atoms with E-state index in [2.05, 4.69) is 29.8 Å². The monoisotopic (exact) mass is 363 g/mol. The molecule has 0 bridgehead atoms. The molecule has 1 fully saturated rings. The van der Waals surface area contributed by atoms with Crippen molar-refractivity contribution in [3.05, 3.63) is 60.2 Å². The highest BCUT2D eigenvalue weighted by Gasteiger charge is 2.24. The molecule has 3 aromatic rings. The first kappa shape index (κ1) is 17.0. The van der Waals surface area contributed by atoms with Crippen molar-refractivity contribution < 1.29 is 4.39 Å². The van der Waals surface area contributed by atoms with Crippen molar-refractivity contribution in [1.82, 2.24) is 19.7 Å². The predicted octanol–water partition coefficient (Wildman–Crippen LogP) is 2.89. The molecule has 0 spiro atoms. The van der Waals surface area contributed by atoms with E-state index in [9.17, 15) is 4.39 Å². The van der Waals surface area contributed by atoms with Crippen molar-refractivity contribution in [1.29, 1.82) is 0 Å². The van der Waals surface area contributed by atoms with Gasteiger partial charge in [-0.2, -0.15) is 4.39 Å². The first-order valence-electron chi connectivity index (χ1n) is 8.63. The molecule has 27 heavy (non-hydrogen) atoms. The highest BCUT2D eigenvalue weighted by Crippen LogP contribution is 2.39. The SMILES string of the molecule is [C-]#[N+]c1cccc(-c2ccc(F)nc2)c1N1CCN(c2nncn2C)CC1. The molecule has 0 saturated carbocycles. The molecule has 1 aliphatic heterocycles. The number of rotatable bonds is 3. The van der Waals surface area contributed by atoms with Crippen LogP contribution in [0.5, 0.6) is 0 Å². The first-order valence-corrected chi connectivity index (χ1v) is 8.63. The molecule has 1 saturated heterocycles. The maximum atomic E-state index is 13.2. The average Bonchev–Trinajstić information content (AvgIpc) is 3.14. The number of halogens is 1. The van der Waals surface area contributed by atoms with Crippen molar-refractivity contribution >= 4 is 17.3 Å². The van der Waals surface area contributed by atoms with E-state index in [1.807, 2.05) is 29.8 Å². The van der Waals surface area contributed by atoms with Crippen molar-refractivity contribution in [2.24, 2.45) is 7.05 Å². The molecule has 7 nitrogen and oxygen atoms in total. The standard InChI is InChI=1S/C19H18FN7/c1-21-16-5-3-4-15(14-6-7-17(20)22-12-14)18(16)26-8-10-27(11-9-26)19-24-23-13-25(19)2/h3-7,12-13H,8-11H2,2H3. The maximum Gasteiger partial charge on any atom is 0.226 e. The fourth-order valence-corrected chi connectivity index (χ4v) is 3.42. The van der Waals surface area contributed by atoms with Crippen LogP contribution in [0.4, 0.5) is 21.7 Å². The van der Waals surface area contributed by atoms with Gasteiger partial charge in [0, 0.05) is 45.0 Å². The van der Waals surface area contributed by atoms with Crippen LogP contribution in [-0.4, -0.2) is 45.9 Å². The number of piperazine rings is 1. The number of benzene rings is 1. The molecule has 3 heterocycles.